The fourth-order valence-corrected chi connectivity index (χ4v) is 1.31. The smallest absolute Gasteiger partial charge is 0.545 e. The summed E-state index contributed by atoms with van der Waals surface area (Å²) in [4.78, 5) is 21.7. The molecular weight excluding hydrogens is 262 g/mol. The molecule has 18 heavy (non-hydrogen) atoms. The zero-order valence-electron chi connectivity index (χ0n) is 10.6. The van der Waals surface area contributed by atoms with Crippen LogP contribution < -0.4 is 78.8 Å². The zero-order valence-corrected chi connectivity index (χ0v) is 14.6. The third kappa shape index (κ3) is 4.15. The van der Waals surface area contributed by atoms with Crippen LogP contribution in [0.5, 0.6) is 11.5 Å². The minimum Gasteiger partial charge on any atom is -0.545 e. The van der Waals surface area contributed by atoms with Crippen molar-refractivity contribution in [2.24, 2.45) is 0 Å². The van der Waals surface area contributed by atoms with E-state index in [1.54, 1.807) is 0 Å². The van der Waals surface area contributed by atoms with E-state index >= 15 is 0 Å². The van der Waals surface area contributed by atoms with Crippen LogP contribution in [0.1, 0.15) is 20.7 Å². The Morgan fingerprint density at radius 1 is 0.889 bits per heavy atom. The molecule has 0 fully saturated rings. The number of carbonyl (C=O) groups excluding carboxylic acids is 2. The van der Waals surface area contributed by atoms with E-state index in [-0.39, 0.29) is 70.6 Å². The van der Waals surface area contributed by atoms with Crippen molar-refractivity contribution in [3.05, 3.63) is 23.3 Å². The van der Waals surface area contributed by atoms with Crippen LogP contribution in [0, 0.1) is 0 Å². The third-order valence-electron chi connectivity index (χ3n) is 1.98. The fourth-order valence-electron chi connectivity index (χ4n) is 1.31. The minimum atomic E-state index is -1.67. The number of benzene rings is 1. The molecule has 0 aliphatic rings. The molecule has 0 aromatic heterocycles. The number of methoxy groups -OCH3 is 2. The maximum Gasteiger partial charge on any atom is 1.00 e. The van der Waals surface area contributed by atoms with Gasteiger partial charge in [-0.3, -0.25) is 0 Å². The van der Waals surface area contributed by atoms with Gasteiger partial charge in [-0.05, 0) is 12.1 Å². The molecular formula is C10H8Na2O6. The Bertz CT molecular complexity index is 405. The molecule has 0 bridgehead atoms. The predicted molar refractivity (Wildman–Crippen MR) is 48.2 cm³/mol. The van der Waals surface area contributed by atoms with Gasteiger partial charge in [0.15, 0.2) is 0 Å². The van der Waals surface area contributed by atoms with E-state index in [0.29, 0.717) is 0 Å². The van der Waals surface area contributed by atoms with Gasteiger partial charge in [-0.25, -0.2) is 0 Å². The van der Waals surface area contributed by atoms with Gasteiger partial charge in [0.25, 0.3) is 0 Å². The fraction of sp³-hybridized carbons (Fsp3) is 0.200. The summed E-state index contributed by atoms with van der Waals surface area (Å²) in [5.41, 5.74) is -1.19. The van der Waals surface area contributed by atoms with Gasteiger partial charge in [0.2, 0.25) is 0 Å². The summed E-state index contributed by atoms with van der Waals surface area (Å²) >= 11 is 0. The van der Waals surface area contributed by atoms with E-state index in [9.17, 15) is 19.8 Å². The molecule has 8 heteroatoms. The van der Waals surface area contributed by atoms with Crippen LogP contribution in [-0.4, -0.2) is 26.2 Å². The summed E-state index contributed by atoms with van der Waals surface area (Å²) in [5.74, 6) is -3.59. The monoisotopic (exact) mass is 270 g/mol. The number of hydrogen-bond acceptors (Lipinski definition) is 6. The molecule has 0 unspecified atom stereocenters. The predicted octanol–water partition coefficient (Wildman–Crippen LogP) is -7.56. The Morgan fingerprint density at radius 3 is 1.33 bits per heavy atom. The first-order valence-electron chi connectivity index (χ1n) is 4.20. The number of carboxylic acid groups (broad SMARTS) is 2. The van der Waals surface area contributed by atoms with Gasteiger partial charge < -0.3 is 29.3 Å². The van der Waals surface area contributed by atoms with Crippen LogP contribution in [0.25, 0.3) is 0 Å². The Hall–Kier alpha value is -0.240. The molecule has 0 radical (unpaired) electrons. The number of ether oxygens (including phenoxy) is 2. The quantitative estimate of drug-likeness (QED) is 0.504. The standard InChI is InChI=1S/C10H10O6.2Na/c1-15-5-3-4-6(16-2)8(10(13)14)7(5)9(11)12;;/h3-4H,1-2H3,(H,11,12)(H,13,14);;/q;2*+1/p-2. The van der Waals surface area contributed by atoms with Gasteiger partial charge in [0.1, 0.15) is 11.5 Å². The minimum absolute atomic E-state index is 0. The van der Waals surface area contributed by atoms with Crippen molar-refractivity contribution in [1.82, 2.24) is 0 Å². The molecule has 1 aromatic carbocycles. The number of aromatic carboxylic acids is 2. The van der Waals surface area contributed by atoms with E-state index in [0.717, 1.165) is 0 Å². The second-order valence-electron chi connectivity index (χ2n) is 2.79. The largest absolute Gasteiger partial charge is 1.00 e. The summed E-state index contributed by atoms with van der Waals surface area (Å²) in [7, 11) is 2.43. The normalized spacial score (nSPS) is 8.56. The van der Waals surface area contributed by atoms with E-state index in [1.807, 2.05) is 0 Å². The first kappa shape index (κ1) is 20.1. The Labute approximate surface area is 148 Å². The van der Waals surface area contributed by atoms with E-state index < -0.39 is 23.1 Å². The molecule has 0 atom stereocenters. The molecule has 1 rings (SSSR count). The molecule has 0 saturated heterocycles. The molecule has 0 N–H and O–H groups in total. The van der Waals surface area contributed by atoms with Gasteiger partial charge >= 0.3 is 59.1 Å². The van der Waals surface area contributed by atoms with Gasteiger partial charge in [0, 0.05) is 0 Å². The van der Waals surface area contributed by atoms with Crippen LogP contribution in [0.2, 0.25) is 0 Å². The van der Waals surface area contributed by atoms with Gasteiger partial charge in [-0.2, -0.15) is 0 Å². The average molecular weight is 270 g/mol. The molecule has 0 heterocycles. The van der Waals surface area contributed by atoms with Gasteiger partial charge in [-0.15, -0.1) is 0 Å². The summed E-state index contributed by atoms with van der Waals surface area (Å²) in [6.45, 7) is 0. The Kier molecular flexibility index (Phi) is 9.81. The second-order valence-corrected chi connectivity index (χ2v) is 2.79. The van der Waals surface area contributed by atoms with Crippen molar-refractivity contribution >= 4 is 11.9 Å². The molecule has 0 saturated carbocycles. The maximum absolute atomic E-state index is 10.8. The van der Waals surface area contributed by atoms with Crippen molar-refractivity contribution in [1.29, 1.82) is 0 Å². The summed E-state index contributed by atoms with van der Waals surface area (Å²) in [6.07, 6.45) is 0. The molecule has 1 aromatic rings. The second kappa shape index (κ2) is 8.79. The van der Waals surface area contributed by atoms with E-state index in [2.05, 4.69) is 0 Å². The third-order valence-corrected chi connectivity index (χ3v) is 1.98. The first-order chi connectivity index (χ1) is 7.52. The zero-order chi connectivity index (χ0) is 12.3. The molecule has 0 aliphatic carbocycles. The SMILES string of the molecule is COc1ccc(OC)c(C(=O)[O-])c1C(=O)[O-].[Na+].[Na+]. The molecule has 0 spiro atoms. The van der Waals surface area contributed by atoms with Crippen molar-refractivity contribution in [2.45, 2.75) is 0 Å². The summed E-state index contributed by atoms with van der Waals surface area (Å²) < 4.78 is 9.46. The molecule has 0 amide bonds. The Morgan fingerprint density at radius 2 is 1.17 bits per heavy atom. The number of carboxylic acids is 2. The van der Waals surface area contributed by atoms with Crippen molar-refractivity contribution in [3.63, 3.8) is 0 Å². The number of rotatable bonds is 4. The molecule has 6 nitrogen and oxygen atoms in total. The van der Waals surface area contributed by atoms with E-state index in [1.165, 1.54) is 26.4 Å². The van der Waals surface area contributed by atoms with Crippen molar-refractivity contribution in [2.75, 3.05) is 14.2 Å². The summed E-state index contributed by atoms with van der Waals surface area (Å²) in [5, 5.41) is 21.7. The van der Waals surface area contributed by atoms with Crippen LogP contribution in [0.15, 0.2) is 12.1 Å². The van der Waals surface area contributed by atoms with Gasteiger partial charge in [0.05, 0.1) is 37.3 Å². The average Bonchev–Trinajstić information content (AvgIpc) is 2.26. The van der Waals surface area contributed by atoms with Crippen LogP contribution in [0.3, 0.4) is 0 Å². The summed E-state index contributed by atoms with van der Waals surface area (Å²) in [6, 6.07) is 2.55. The molecule has 0 aliphatic heterocycles. The maximum atomic E-state index is 10.8. The van der Waals surface area contributed by atoms with E-state index in [4.69, 9.17) is 9.47 Å². The van der Waals surface area contributed by atoms with Gasteiger partial charge in [-0.1, -0.05) is 0 Å². The van der Waals surface area contributed by atoms with Crippen LogP contribution in [-0.2, 0) is 0 Å². The number of hydrogen-bond donors (Lipinski definition) is 0. The van der Waals surface area contributed by atoms with Crippen molar-refractivity contribution < 1.29 is 88.4 Å². The van der Waals surface area contributed by atoms with Crippen molar-refractivity contribution in [3.8, 4) is 11.5 Å². The first-order valence-corrected chi connectivity index (χ1v) is 4.20. The van der Waals surface area contributed by atoms with Crippen LogP contribution in [0.4, 0.5) is 0 Å². The van der Waals surface area contributed by atoms with Crippen LogP contribution >= 0.6 is 0 Å². The topological polar surface area (TPSA) is 98.7 Å². The molecule has 86 valence electrons. The Balaban J connectivity index is 0. The number of carbonyl (C=O) groups is 2.